The minimum Gasteiger partial charge on any atom is -0.362 e. The predicted octanol–water partition coefficient (Wildman–Crippen LogP) is 3.57. The second kappa shape index (κ2) is 7.47. The molecule has 0 amide bonds. The van der Waals surface area contributed by atoms with Gasteiger partial charge in [-0.25, -0.2) is 0 Å². The zero-order valence-electron chi connectivity index (χ0n) is 10.6. The molecule has 1 aromatic carbocycles. The largest absolute Gasteiger partial charge is 0.362 e. The van der Waals surface area contributed by atoms with Crippen LogP contribution in [0.25, 0.3) is 0 Å². The third-order valence-electron chi connectivity index (χ3n) is 2.53. The minimum absolute atomic E-state index is 0.545. The molecule has 2 aromatic rings. The van der Waals surface area contributed by atoms with Crippen LogP contribution in [-0.2, 0) is 6.54 Å². The second-order valence-corrected chi connectivity index (χ2v) is 5.44. The van der Waals surface area contributed by atoms with Crippen molar-refractivity contribution in [2.75, 3.05) is 11.9 Å². The first kappa shape index (κ1) is 15.1. The Balaban J connectivity index is 1.72. The monoisotopic (exact) mass is 328 g/mol. The van der Waals surface area contributed by atoms with Gasteiger partial charge in [-0.1, -0.05) is 23.2 Å². The zero-order valence-corrected chi connectivity index (χ0v) is 13.0. The Labute approximate surface area is 133 Å². The number of anilines is 1. The van der Waals surface area contributed by atoms with Gasteiger partial charge >= 0.3 is 0 Å². The van der Waals surface area contributed by atoms with Crippen molar-refractivity contribution in [2.24, 2.45) is 0 Å². The van der Waals surface area contributed by atoms with Gasteiger partial charge in [-0.3, -0.25) is 4.68 Å². The first-order valence-electron chi connectivity index (χ1n) is 6.12. The fourth-order valence-electron chi connectivity index (χ4n) is 1.68. The number of aromatic nitrogens is 2. The van der Waals surface area contributed by atoms with Gasteiger partial charge < -0.3 is 10.6 Å². The number of hydrogen-bond donors (Lipinski definition) is 2. The van der Waals surface area contributed by atoms with E-state index in [2.05, 4.69) is 15.7 Å². The van der Waals surface area contributed by atoms with Crippen LogP contribution in [0.3, 0.4) is 0 Å². The molecule has 7 heteroatoms. The molecule has 1 heterocycles. The van der Waals surface area contributed by atoms with Crippen molar-refractivity contribution >= 4 is 46.2 Å². The van der Waals surface area contributed by atoms with Crippen LogP contribution in [0.4, 0.5) is 5.69 Å². The van der Waals surface area contributed by atoms with Crippen molar-refractivity contribution in [1.29, 1.82) is 0 Å². The normalized spacial score (nSPS) is 10.3. The van der Waals surface area contributed by atoms with Gasteiger partial charge in [0.15, 0.2) is 5.11 Å². The maximum atomic E-state index is 5.92. The quantitative estimate of drug-likeness (QED) is 0.650. The Morgan fingerprint density at radius 1 is 1.25 bits per heavy atom. The molecule has 0 spiro atoms. The van der Waals surface area contributed by atoms with Crippen molar-refractivity contribution < 1.29 is 0 Å². The van der Waals surface area contributed by atoms with Gasteiger partial charge in [0.1, 0.15) is 0 Å². The highest BCUT2D eigenvalue weighted by atomic mass is 35.5. The van der Waals surface area contributed by atoms with Crippen LogP contribution < -0.4 is 10.6 Å². The molecule has 0 atom stereocenters. The highest BCUT2D eigenvalue weighted by Gasteiger charge is 2.01. The van der Waals surface area contributed by atoms with Gasteiger partial charge in [0.2, 0.25) is 0 Å². The highest BCUT2D eigenvalue weighted by Crippen LogP contribution is 2.22. The molecule has 0 radical (unpaired) electrons. The molecule has 4 nitrogen and oxygen atoms in total. The van der Waals surface area contributed by atoms with Gasteiger partial charge in [0.25, 0.3) is 0 Å². The number of benzene rings is 1. The van der Waals surface area contributed by atoms with Gasteiger partial charge in [-0.2, -0.15) is 5.10 Å². The number of nitrogens with zero attached hydrogens (tertiary/aromatic N) is 2. The predicted molar refractivity (Wildman–Crippen MR) is 87.5 cm³/mol. The SMILES string of the molecule is S=C(NCCCn1cccn1)Nc1cc(Cl)cc(Cl)c1. The van der Waals surface area contributed by atoms with Crippen molar-refractivity contribution in [3.05, 3.63) is 46.7 Å². The molecule has 0 bridgehead atoms. The van der Waals surface area contributed by atoms with Crippen LogP contribution in [0.15, 0.2) is 36.7 Å². The average Bonchev–Trinajstić information content (AvgIpc) is 2.86. The maximum Gasteiger partial charge on any atom is 0.170 e. The summed E-state index contributed by atoms with van der Waals surface area (Å²) in [4.78, 5) is 0. The first-order valence-corrected chi connectivity index (χ1v) is 7.28. The van der Waals surface area contributed by atoms with E-state index in [1.165, 1.54) is 0 Å². The summed E-state index contributed by atoms with van der Waals surface area (Å²) in [7, 11) is 0. The molecule has 0 unspecified atom stereocenters. The summed E-state index contributed by atoms with van der Waals surface area (Å²) in [6.07, 6.45) is 4.63. The summed E-state index contributed by atoms with van der Waals surface area (Å²) in [6, 6.07) is 7.12. The summed E-state index contributed by atoms with van der Waals surface area (Å²) in [5.41, 5.74) is 0.770. The summed E-state index contributed by atoms with van der Waals surface area (Å²) < 4.78 is 1.88. The number of rotatable bonds is 5. The maximum absolute atomic E-state index is 5.92. The van der Waals surface area contributed by atoms with E-state index in [0.717, 1.165) is 25.2 Å². The second-order valence-electron chi connectivity index (χ2n) is 4.16. The lowest BCUT2D eigenvalue weighted by Crippen LogP contribution is -2.29. The van der Waals surface area contributed by atoms with Gasteiger partial charge in [0, 0.05) is 41.2 Å². The molecule has 2 rings (SSSR count). The van der Waals surface area contributed by atoms with Crippen LogP contribution in [0.1, 0.15) is 6.42 Å². The standard InChI is InChI=1S/C13H14Cl2N4S/c14-10-7-11(15)9-12(8-10)18-13(20)16-3-1-5-19-6-2-4-17-19/h2,4,6-9H,1,3,5H2,(H2,16,18,20). The van der Waals surface area contributed by atoms with Crippen LogP contribution in [0.2, 0.25) is 10.0 Å². The Morgan fingerprint density at radius 2 is 2.00 bits per heavy atom. The molecule has 0 fully saturated rings. The van der Waals surface area contributed by atoms with Crippen LogP contribution in [0, 0.1) is 0 Å². The van der Waals surface area contributed by atoms with E-state index in [9.17, 15) is 0 Å². The average molecular weight is 329 g/mol. The number of aryl methyl sites for hydroxylation is 1. The molecule has 0 aliphatic carbocycles. The molecule has 20 heavy (non-hydrogen) atoms. The fourth-order valence-corrected chi connectivity index (χ4v) is 2.42. The summed E-state index contributed by atoms with van der Waals surface area (Å²) >= 11 is 17.0. The van der Waals surface area contributed by atoms with Crippen LogP contribution in [0.5, 0.6) is 0 Å². The fraction of sp³-hybridized carbons (Fsp3) is 0.231. The van der Waals surface area contributed by atoms with Crippen molar-refractivity contribution in [1.82, 2.24) is 15.1 Å². The Bertz CT molecular complexity index is 552. The van der Waals surface area contributed by atoms with Gasteiger partial charge in [0.05, 0.1) is 0 Å². The van der Waals surface area contributed by atoms with E-state index in [4.69, 9.17) is 35.4 Å². The molecule has 1 aromatic heterocycles. The topological polar surface area (TPSA) is 41.9 Å². The molecule has 0 aliphatic rings. The van der Waals surface area contributed by atoms with E-state index in [1.54, 1.807) is 24.4 Å². The minimum atomic E-state index is 0.545. The Morgan fingerprint density at radius 3 is 2.65 bits per heavy atom. The Hall–Kier alpha value is -1.30. The molecular formula is C13H14Cl2N4S. The van der Waals surface area contributed by atoms with E-state index in [-0.39, 0.29) is 0 Å². The van der Waals surface area contributed by atoms with E-state index in [0.29, 0.717) is 15.2 Å². The Kier molecular flexibility index (Phi) is 5.64. The van der Waals surface area contributed by atoms with Gasteiger partial charge in [-0.15, -0.1) is 0 Å². The molecule has 2 N–H and O–H groups in total. The van der Waals surface area contributed by atoms with E-state index >= 15 is 0 Å². The summed E-state index contributed by atoms with van der Waals surface area (Å²) in [5, 5.41) is 12.0. The molecule has 106 valence electrons. The van der Waals surface area contributed by atoms with Gasteiger partial charge in [-0.05, 0) is 42.9 Å². The molecule has 0 saturated heterocycles. The summed E-state index contributed by atoms with van der Waals surface area (Å²) in [5.74, 6) is 0. The third kappa shape index (κ3) is 5.00. The third-order valence-corrected chi connectivity index (χ3v) is 3.21. The number of hydrogen-bond acceptors (Lipinski definition) is 2. The number of nitrogens with one attached hydrogen (secondary N) is 2. The smallest absolute Gasteiger partial charge is 0.170 e. The molecular weight excluding hydrogens is 315 g/mol. The lowest BCUT2D eigenvalue weighted by atomic mass is 10.3. The van der Waals surface area contributed by atoms with E-state index in [1.807, 2.05) is 16.9 Å². The summed E-state index contributed by atoms with van der Waals surface area (Å²) in [6.45, 7) is 1.62. The molecule has 0 saturated carbocycles. The van der Waals surface area contributed by atoms with Crippen molar-refractivity contribution in [2.45, 2.75) is 13.0 Å². The molecule has 0 aliphatic heterocycles. The lowest BCUT2D eigenvalue weighted by molar-refractivity contribution is 0.574. The van der Waals surface area contributed by atoms with Crippen LogP contribution in [-0.4, -0.2) is 21.4 Å². The first-order chi connectivity index (χ1) is 9.63. The van der Waals surface area contributed by atoms with Crippen molar-refractivity contribution in [3.8, 4) is 0 Å². The van der Waals surface area contributed by atoms with Crippen molar-refractivity contribution in [3.63, 3.8) is 0 Å². The number of thiocarbonyl (C=S) groups is 1. The highest BCUT2D eigenvalue weighted by molar-refractivity contribution is 7.80. The van der Waals surface area contributed by atoms with Crippen LogP contribution >= 0.6 is 35.4 Å². The van der Waals surface area contributed by atoms with E-state index < -0.39 is 0 Å². The number of halogens is 2. The zero-order chi connectivity index (χ0) is 14.4. The lowest BCUT2D eigenvalue weighted by Gasteiger charge is -2.11.